The van der Waals surface area contributed by atoms with Crippen LogP contribution in [0.4, 0.5) is 0 Å². The van der Waals surface area contributed by atoms with E-state index in [0.717, 1.165) is 10.0 Å². The van der Waals surface area contributed by atoms with Gasteiger partial charge in [0.2, 0.25) is 10.0 Å². The molecule has 0 aliphatic heterocycles. The zero-order valence-electron chi connectivity index (χ0n) is 15.6. The molecule has 2 aromatic carbocycles. The van der Waals surface area contributed by atoms with Gasteiger partial charge in [-0.15, -0.1) is 0 Å². The van der Waals surface area contributed by atoms with Crippen molar-refractivity contribution in [3.63, 3.8) is 0 Å². The number of carbonyl (C=O) groups excluding carboxylic acids is 1. The Hall–Kier alpha value is -1.90. The first kappa shape index (κ1) is 21.4. The van der Waals surface area contributed by atoms with E-state index >= 15 is 0 Å². The Bertz CT molecular complexity index is 927. The van der Waals surface area contributed by atoms with Crippen LogP contribution in [-0.4, -0.2) is 38.9 Å². The Balaban J connectivity index is 2.15. The number of rotatable bonds is 7. The predicted molar refractivity (Wildman–Crippen MR) is 106 cm³/mol. The smallest absolute Gasteiger partial charge is 0.338 e. The van der Waals surface area contributed by atoms with Gasteiger partial charge in [-0.1, -0.05) is 12.1 Å². The first-order chi connectivity index (χ1) is 12.7. The predicted octanol–water partition coefficient (Wildman–Crippen LogP) is 3.84. The van der Waals surface area contributed by atoms with Crippen molar-refractivity contribution in [2.75, 3.05) is 14.2 Å². The molecule has 0 amide bonds. The van der Waals surface area contributed by atoms with Crippen LogP contribution in [0.25, 0.3) is 0 Å². The first-order valence-electron chi connectivity index (χ1n) is 8.24. The number of carbonyl (C=O) groups is 1. The van der Waals surface area contributed by atoms with Crippen molar-refractivity contribution in [2.24, 2.45) is 0 Å². The van der Waals surface area contributed by atoms with Crippen LogP contribution in [0, 0.1) is 0 Å². The lowest BCUT2D eigenvalue weighted by Crippen LogP contribution is -2.33. The van der Waals surface area contributed by atoms with Gasteiger partial charge in [-0.25, -0.2) is 13.2 Å². The van der Waals surface area contributed by atoms with Crippen molar-refractivity contribution >= 4 is 31.9 Å². The molecule has 0 saturated carbocycles. The Morgan fingerprint density at radius 1 is 1.19 bits per heavy atom. The second kappa shape index (κ2) is 8.86. The minimum absolute atomic E-state index is 0.0559. The lowest BCUT2D eigenvalue weighted by molar-refractivity contribution is 0.0472. The van der Waals surface area contributed by atoms with E-state index in [-0.39, 0.29) is 23.1 Å². The number of nitrogens with zero attached hydrogens (tertiary/aromatic N) is 1. The van der Waals surface area contributed by atoms with E-state index < -0.39 is 16.0 Å². The van der Waals surface area contributed by atoms with Gasteiger partial charge in [-0.2, -0.15) is 4.31 Å². The van der Waals surface area contributed by atoms with Crippen LogP contribution in [0.5, 0.6) is 5.75 Å². The summed E-state index contributed by atoms with van der Waals surface area (Å²) in [5, 5.41) is 0. The van der Waals surface area contributed by atoms with Gasteiger partial charge in [0.15, 0.2) is 0 Å². The number of hydrogen-bond acceptors (Lipinski definition) is 5. The van der Waals surface area contributed by atoms with Crippen LogP contribution in [0.2, 0.25) is 0 Å². The van der Waals surface area contributed by atoms with Crippen LogP contribution in [0.15, 0.2) is 51.8 Å². The van der Waals surface area contributed by atoms with Crippen LogP contribution in [0.1, 0.15) is 29.8 Å². The molecule has 27 heavy (non-hydrogen) atoms. The zero-order valence-corrected chi connectivity index (χ0v) is 18.0. The summed E-state index contributed by atoms with van der Waals surface area (Å²) in [4.78, 5) is 12.4. The second-order valence-electron chi connectivity index (χ2n) is 6.19. The van der Waals surface area contributed by atoms with Gasteiger partial charge < -0.3 is 9.47 Å². The molecule has 2 rings (SSSR count). The Kier molecular flexibility index (Phi) is 7.02. The molecule has 0 fully saturated rings. The monoisotopic (exact) mass is 455 g/mol. The van der Waals surface area contributed by atoms with Crippen LogP contribution < -0.4 is 4.74 Å². The number of hydrogen-bond donors (Lipinski definition) is 0. The number of methoxy groups -OCH3 is 1. The maximum atomic E-state index is 12.6. The van der Waals surface area contributed by atoms with E-state index in [0.29, 0.717) is 5.75 Å². The maximum absolute atomic E-state index is 12.6. The van der Waals surface area contributed by atoms with Gasteiger partial charge >= 0.3 is 5.97 Å². The lowest BCUT2D eigenvalue weighted by Gasteiger charge is -2.21. The molecule has 0 radical (unpaired) electrons. The van der Waals surface area contributed by atoms with Crippen molar-refractivity contribution in [3.05, 3.63) is 58.1 Å². The molecule has 0 unspecified atom stereocenters. The van der Waals surface area contributed by atoms with Crippen LogP contribution in [-0.2, 0) is 21.4 Å². The van der Waals surface area contributed by atoms with Gasteiger partial charge in [-0.3, -0.25) is 0 Å². The molecule has 6 nitrogen and oxygen atoms in total. The molecule has 0 bridgehead atoms. The van der Waals surface area contributed by atoms with Gasteiger partial charge in [0.25, 0.3) is 0 Å². The van der Waals surface area contributed by atoms with E-state index in [1.54, 1.807) is 39.2 Å². The number of sulfonamides is 1. The van der Waals surface area contributed by atoms with E-state index in [4.69, 9.17) is 9.47 Å². The molecular weight excluding hydrogens is 434 g/mol. The fraction of sp³-hybridized carbons (Fsp3) is 0.316. The molecule has 0 heterocycles. The average Bonchev–Trinajstić information content (AvgIpc) is 2.65. The van der Waals surface area contributed by atoms with E-state index in [9.17, 15) is 13.2 Å². The minimum atomic E-state index is -3.67. The topological polar surface area (TPSA) is 72.9 Å². The highest BCUT2D eigenvalue weighted by molar-refractivity contribution is 9.10. The number of halogens is 1. The SMILES string of the molecule is COc1ccc(COC(=O)c2cccc(S(=O)(=O)N(C)C(C)C)c2)cc1Br. The molecule has 0 N–H and O–H groups in total. The molecule has 0 spiro atoms. The van der Waals surface area contributed by atoms with Crippen LogP contribution in [0.3, 0.4) is 0 Å². The van der Waals surface area contributed by atoms with Crippen LogP contribution >= 0.6 is 15.9 Å². The molecule has 0 aromatic heterocycles. The summed E-state index contributed by atoms with van der Waals surface area (Å²) >= 11 is 3.38. The number of ether oxygens (including phenoxy) is 2. The second-order valence-corrected chi connectivity index (χ2v) is 9.04. The largest absolute Gasteiger partial charge is 0.496 e. The van der Waals surface area contributed by atoms with Gasteiger partial charge in [0, 0.05) is 13.1 Å². The third kappa shape index (κ3) is 5.09. The maximum Gasteiger partial charge on any atom is 0.338 e. The molecule has 2 aromatic rings. The van der Waals surface area contributed by atoms with Crippen molar-refractivity contribution in [1.82, 2.24) is 4.31 Å². The Labute approximate surface area is 168 Å². The normalized spacial score (nSPS) is 11.7. The van der Waals surface area contributed by atoms with Gasteiger partial charge in [-0.05, 0) is 65.7 Å². The summed E-state index contributed by atoms with van der Waals surface area (Å²) in [5.74, 6) is 0.0865. The molecule has 0 atom stereocenters. The highest BCUT2D eigenvalue weighted by Crippen LogP contribution is 2.26. The van der Waals surface area contributed by atoms with Gasteiger partial charge in [0.05, 0.1) is 22.0 Å². The Morgan fingerprint density at radius 2 is 1.89 bits per heavy atom. The summed E-state index contributed by atoms with van der Waals surface area (Å²) < 4.78 is 37.6. The van der Waals surface area contributed by atoms with Crippen molar-refractivity contribution < 1.29 is 22.7 Å². The van der Waals surface area contributed by atoms with E-state index in [2.05, 4.69) is 15.9 Å². The molecular formula is C19H22BrNO5S. The van der Waals surface area contributed by atoms with Crippen molar-refractivity contribution in [2.45, 2.75) is 31.4 Å². The van der Waals surface area contributed by atoms with Crippen molar-refractivity contribution in [3.8, 4) is 5.75 Å². The van der Waals surface area contributed by atoms with E-state index in [1.807, 2.05) is 0 Å². The summed E-state index contributed by atoms with van der Waals surface area (Å²) in [6.07, 6.45) is 0. The summed E-state index contributed by atoms with van der Waals surface area (Å²) in [7, 11) is -0.596. The number of esters is 1. The molecule has 0 aliphatic rings. The lowest BCUT2D eigenvalue weighted by atomic mass is 10.2. The minimum Gasteiger partial charge on any atom is -0.496 e. The fourth-order valence-electron chi connectivity index (χ4n) is 2.26. The summed E-state index contributed by atoms with van der Waals surface area (Å²) in [6.45, 7) is 3.62. The molecule has 146 valence electrons. The van der Waals surface area contributed by atoms with Crippen molar-refractivity contribution in [1.29, 1.82) is 0 Å². The van der Waals surface area contributed by atoms with Gasteiger partial charge in [0.1, 0.15) is 12.4 Å². The third-order valence-corrected chi connectivity index (χ3v) is 6.71. The molecule has 8 heteroatoms. The standard InChI is InChI=1S/C19H22BrNO5S/c1-13(2)21(3)27(23,24)16-7-5-6-15(11-16)19(22)26-12-14-8-9-18(25-4)17(20)10-14/h5-11,13H,12H2,1-4H3. The Morgan fingerprint density at radius 3 is 2.48 bits per heavy atom. The summed E-state index contributed by atoms with van der Waals surface area (Å²) in [5.41, 5.74) is 0.958. The molecule has 0 saturated heterocycles. The summed E-state index contributed by atoms with van der Waals surface area (Å²) in [6, 6.07) is 11.0. The highest BCUT2D eigenvalue weighted by atomic mass is 79.9. The quantitative estimate of drug-likeness (QED) is 0.592. The zero-order chi connectivity index (χ0) is 20.2. The fourth-order valence-corrected chi connectivity index (χ4v) is 4.26. The third-order valence-electron chi connectivity index (χ3n) is 4.06. The number of benzene rings is 2. The average molecular weight is 456 g/mol. The first-order valence-corrected chi connectivity index (χ1v) is 10.5. The highest BCUT2D eigenvalue weighted by Gasteiger charge is 2.24. The molecule has 0 aliphatic carbocycles. The van der Waals surface area contributed by atoms with E-state index in [1.165, 1.54) is 35.6 Å².